The summed E-state index contributed by atoms with van der Waals surface area (Å²) in [7, 11) is -4.62. The number of ether oxygens (including phenoxy) is 2. The molecular formula is C32H54O12S. The van der Waals surface area contributed by atoms with Gasteiger partial charge in [-0.2, -0.15) is 8.42 Å². The molecule has 0 amide bonds. The van der Waals surface area contributed by atoms with E-state index in [4.69, 9.17) is 13.7 Å². The molecule has 2 unspecified atom stereocenters. The van der Waals surface area contributed by atoms with E-state index in [-0.39, 0.29) is 49.0 Å². The van der Waals surface area contributed by atoms with E-state index < -0.39 is 81.8 Å². The third kappa shape index (κ3) is 6.41. The Morgan fingerprint density at radius 1 is 0.889 bits per heavy atom. The Kier molecular flexibility index (Phi) is 9.99. The SMILES string of the molecule is CC(C)C(/C=C/[C@@H](C)[C@H]1C[C@H](O)[C@@H]2[C@]1(C)CC[C@@H]1[C@@]3(C)CC[C@H](OS(=O)(=O)O)C[C@@H]3[C@H](O)C[C@]12O)O[C@@H]1OC[C@@H](O)C(O)[C@@H]1O. The largest absolute Gasteiger partial charge is 0.397 e. The van der Waals surface area contributed by atoms with Crippen molar-refractivity contribution in [2.75, 3.05) is 6.61 Å². The maximum atomic E-state index is 12.6. The van der Waals surface area contributed by atoms with Crippen molar-refractivity contribution in [3.05, 3.63) is 12.2 Å². The lowest BCUT2D eigenvalue weighted by molar-refractivity contribution is -0.280. The standard InChI is InChI=1S/C32H54O12S/c1-16(2)24(43-29-27(37)26(36)23(35)15-42-29)7-6-17(3)19-13-21(33)28-31(19,5)11-9-25-30(4)10-8-18(44-45(39,40)41)12-20(30)22(34)14-32(25,28)38/h6-7,16-29,33-38H,8-15H2,1-5H3,(H,39,40,41)/b7-6+/t17-,18+,19-,20-,21+,22-,23-,24?,25-,26?,27+,28-,29+,30+,31-,32+/m1/s1. The van der Waals surface area contributed by atoms with Crippen LogP contribution in [-0.4, -0.2) is 105 Å². The van der Waals surface area contributed by atoms with Crippen molar-refractivity contribution in [3.8, 4) is 0 Å². The van der Waals surface area contributed by atoms with Crippen molar-refractivity contribution in [1.82, 2.24) is 0 Å². The topological polar surface area (TPSA) is 203 Å². The highest BCUT2D eigenvalue weighted by molar-refractivity contribution is 7.80. The highest BCUT2D eigenvalue weighted by Crippen LogP contribution is 2.69. The van der Waals surface area contributed by atoms with Crippen LogP contribution in [0.25, 0.3) is 0 Å². The van der Waals surface area contributed by atoms with Crippen LogP contribution in [0, 0.1) is 46.3 Å². The minimum Gasteiger partial charge on any atom is -0.393 e. The third-order valence-corrected chi connectivity index (χ3v) is 13.1. The van der Waals surface area contributed by atoms with Gasteiger partial charge in [-0.3, -0.25) is 4.55 Å². The van der Waals surface area contributed by atoms with Crippen LogP contribution in [0.5, 0.6) is 0 Å². The van der Waals surface area contributed by atoms with Gasteiger partial charge in [0.25, 0.3) is 0 Å². The first kappa shape index (κ1) is 35.6. The minimum atomic E-state index is -4.62. The van der Waals surface area contributed by atoms with E-state index in [1.165, 1.54) is 0 Å². The predicted molar refractivity (Wildman–Crippen MR) is 162 cm³/mol. The van der Waals surface area contributed by atoms with Crippen molar-refractivity contribution < 1.29 is 57.3 Å². The number of aliphatic hydroxyl groups excluding tert-OH is 5. The molecule has 13 heteroatoms. The smallest absolute Gasteiger partial charge is 0.393 e. The average Bonchev–Trinajstić information content (AvgIpc) is 3.21. The summed E-state index contributed by atoms with van der Waals surface area (Å²) < 4.78 is 48.4. The predicted octanol–water partition coefficient (Wildman–Crippen LogP) is 1.56. The molecule has 260 valence electrons. The zero-order valence-corrected chi connectivity index (χ0v) is 27.8. The van der Waals surface area contributed by atoms with Gasteiger partial charge in [0.2, 0.25) is 0 Å². The fourth-order valence-electron chi connectivity index (χ4n) is 10.5. The molecule has 1 heterocycles. The quantitative estimate of drug-likeness (QED) is 0.146. The summed E-state index contributed by atoms with van der Waals surface area (Å²) in [4.78, 5) is 0. The zero-order valence-electron chi connectivity index (χ0n) is 27.0. The summed E-state index contributed by atoms with van der Waals surface area (Å²) in [6.45, 7) is 10.1. The fourth-order valence-corrected chi connectivity index (χ4v) is 11.0. The van der Waals surface area contributed by atoms with Gasteiger partial charge in [-0.15, -0.1) is 0 Å². The first-order chi connectivity index (χ1) is 20.8. The van der Waals surface area contributed by atoms with Gasteiger partial charge in [0, 0.05) is 12.3 Å². The number of aliphatic hydroxyl groups is 6. The molecule has 4 aliphatic carbocycles. The first-order valence-electron chi connectivity index (χ1n) is 16.6. The van der Waals surface area contributed by atoms with E-state index >= 15 is 0 Å². The second-order valence-electron chi connectivity index (χ2n) is 15.6. The second kappa shape index (κ2) is 12.6. The third-order valence-electron chi connectivity index (χ3n) is 12.6. The monoisotopic (exact) mass is 662 g/mol. The van der Waals surface area contributed by atoms with Gasteiger partial charge in [-0.1, -0.05) is 46.8 Å². The fraction of sp³-hybridized carbons (Fsp3) is 0.938. The Balaban J connectivity index is 1.33. The Bertz CT molecular complexity index is 1200. The Morgan fingerprint density at radius 3 is 2.20 bits per heavy atom. The lowest BCUT2D eigenvalue weighted by Gasteiger charge is -2.66. The second-order valence-corrected chi connectivity index (χ2v) is 16.7. The maximum absolute atomic E-state index is 12.6. The maximum Gasteiger partial charge on any atom is 0.397 e. The highest BCUT2D eigenvalue weighted by atomic mass is 32.3. The van der Waals surface area contributed by atoms with Crippen LogP contribution in [0.3, 0.4) is 0 Å². The molecule has 0 radical (unpaired) electrons. The molecule has 7 N–H and O–H groups in total. The molecule has 1 saturated heterocycles. The summed E-state index contributed by atoms with van der Waals surface area (Å²) in [5.41, 5.74) is -2.22. The van der Waals surface area contributed by atoms with Crippen LogP contribution in [0.1, 0.15) is 79.6 Å². The van der Waals surface area contributed by atoms with Crippen LogP contribution in [0.15, 0.2) is 12.2 Å². The molecule has 4 saturated carbocycles. The van der Waals surface area contributed by atoms with E-state index in [0.717, 1.165) is 6.42 Å². The number of hydrogen-bond acceptors (Lipinski definition) is 11. The molecule has 45 heavy (non-hydrogen) atoms. The Labute approximate surface area is 266 Å². The van der Waals surface area contributed by atoms with Crippen LogP contribution in [0.2, 0.25) is 0 Å². The van der Waals surface area contributed by atoms with Gasteiger partial charge in [-0.25, -0.2) is 4.18 Å². The Morgan fingerprint density at radius 2 is 1.56 bits per heavy atom. The molecule has 0 bridgehead atoms. The summed E-state index contributed by atoms with van der Waals surface area (Å²) in [5, 5.41) is 65.8. The van der Waals surface area contributed by atoms with Crippen molar-refractivity contribution in [2.24, 2.45) is 46.3 Å². The zero-order chi connectivity index (χ0) is 33.3. The van der Waals surface area contributed by atoms with Gasteiger partial charge < -0.3 is 40.1 Å². The number of hydrogen-bond donors (Lipinski definition) is 7. The van der Waals surface area contributed by atoms with Crippen LogP contribution < -0.4 is 0 Å². The normalized spacial score (nSPS) is 50.2. The van der Waals surface area contributed by atoms with Crippen molar-refractivity contribution >= 4 is 10.4 Å². The van der Waals surface area contributed by atoms with Crippen molar-refractivity contribution in [3.63, 3.8) is 0 Å². The number of allylic oxidation sites excluding steroid dienone is 1. The molecule has 5 fully saturated rings. The highest BCUT2D eigenvalue weighted by Gasteiger charge is 2.70. The molecule has 0 aromatic heterocycles. The minimum absolute atomic E-state index is 0.00544. The molecule has 0 aromatic carbocycles. The van der Waals surface area contributed by atoms with E-state index in [1.807, 2.05) is 19.9 Å². The molecule has 16 atom stereocenters. The molecule has 5 rings (SSSR count). The number of rotatable bonds is 8. The summed E-state index contributed by atoms with van der Waals surface area (Å²) in [5.74, 6) is -0.933. The van der Waals surface area contributed by atoms with Crippen LogP contribution >= 0.6 is 0 Å². The lowest BCUT2D eigenvalue weighted by Crippen LogP contribution is -2.68. The average molecular weight is 663 g/mol. The molecule has 12 nitrogen and oxygen atoms in total. The van der Waals surface area contributed by atoms with Gasteiger partial charge in [-0.05, 0) is 78.9 Å². The van der Waals surface area contributed by atoms with E-state index in [0.29, 0.717) is 25.7 Å². The van der Waals surface area contributed by atoms with E-state index in [1.54, 1.807) is 0 Å². The summed E-state index contributed by atoms with van der Waals surface area (Å²) in [6, 6.07) is 0. The van der Waals surface area contributed by atoms with Gasteiger partial charge in [0.15, 0.2) is 6.29 Å². The van der Waals surface area contributed by atoms with Crippen LogP contribution in [0.4, 0.5) is 0 Å². The van der Waals surface area contributed by atoms with Crippen molar-refractivity contribution in [1.29, 1.82) is 0 Å². The number of fused-ring (bicyclic) bond motifs is 5. The lowest BCUT2D eigenvalue weighted by atomic mass is 9.42. The van der Waals surface area contributed by atoms with Gasteiger partial charge in [0.05, 0.1) is 36.6 Å². The van der Waals surface area contributed by atoms with Gasteiger partial charge >= 0.3 is 10.4 Å². The molecular weight excluding hydrogens is 608 g/mol. The van der Waals surface area contributed by atoms with E-state index in [2.05, 4.69) is 26.8 Å². The molecule has 1 aliphatic heterocycles. The molecule has 0 aromatic rings. The molecule has 5 aliphatic rings. The van der Waals surface area contributed by atoms with Crippen LogP contribution in [-0.2, 0) is 24.1 Å². The van der Waals surface area contributed by atoms with Gasteiger partial charge in [0.1, 0.15) is 18.3 Å². The Hall–Kier alpha value is -0.710. The summed E-state index contributed by atoms with van der Waals surface area (Å²) >= 11 is 0. The van der Waals surface area contributed by atoms with E-state index in [9.17, 15) is 43.6 Å². The molecule has 0 spiro atoms. The van der Waals surface area contributed by atoms with Crippen molar-refractivity contribution in [2.45, 2.75) is 134 Å². The first-order valence-corrected chi connectivity index (χ1v) is 17.9. The summed E-state index contributed by atoms with van der Waals surface area (Å²) in [6.07, 6.45) is -0.710.